The van der Waals surface area contributed by atoms with Gasteiger partial charge >= 0.3 is 0 Å². The van der Waals surface area contributed by atoms with Crippen molar-refractivity contribution in [2.45, 2.75) is 13.0 Å². The monoisotopic (exact) mass is 438 g/mol. The summed E-state index contributed by atoms with van der Waals surface area (Å²) in [6.07, 6.45) is 1.00. The summed E-state index contributed by atoms with van der Waals surface area (Å²) in [5, 5.41) is 4.12. The minimum Gasteiger partial charge on any atom is -0.497 e. The molecule has 1 fully saturated rings. The van der Waals surface area contributed by atoms with Crippen LogP contribution in [0, 0.1) is 0 Å². The molecule has 0 unspecified atom stereocenters. The van der Waals surface area contributed by atoms with E-state index >= 15 is 0 Å². The van der Waals surface area contributed by atoms with E-state index in [9.17, 15) is 0 Å². The third-order valence-electron chi connectivity index (χ3n) is 5.59. The highest BCUT2D eigenvalue weighted by Gasteiger charge is 2.19. The minimum absolute atomic E-state index is 0.609. The average Bonchev–Trinajstić information content (AvgIpc) is 3.32. The second kappa shape index (κ2) is 11.0. The van der Waals surface area contributed by atoms with Gasteiger partial charge in [-0.2, -0.15) is 4.98 Å². The van der Waals surface area contributed by atoms with Crippen molar-refractivity contribution in [1.82, 2.24) is 19.9 Å². The summed E-state index contributed by atoms with van der Waals surface area (Å²) in [6, 6.07) is 15.4. The maximum Gasteiger partial charge on any atom is 0.241 e. The van der Waals surface area contributed by atoms with E-state index in [-0.39, 0.29) is 0 Å². The number of piperazine rings is 1. The van der Waals surface area contributed by atoms with Gasteiger partial charge in [0.25, 0.3) is 0 Å². The van der Waals surface area contributed by atoms with Crippen molar-refractivity contribution in [2.24, 2.45) is 0 Å². The number of aromatic nitrogens is 2. The molecule has 2 aromatic carbocycles. The zero-order valence-electron chi connectivity index (χ0n) is 18.7. The number of hydrogen-bond acceptors (Lipinski definition) is 8. The summed E-state index contributed by atoms with van der Waals surface area (Å²) in [6.45, 7) is 6.45. The van der Waals surface area contributed by atoms with Gasteiger partial charge < -0.3 is 23.6 Å². The third-order valence-corrected chi connectivity index (χ3v) is 5.59. The summed E-state index contributed by atoms with van der Waals surface area (Å²) >= 11 is 0. The average molecular weight is 439 g/mol. The van der Waals surface area contributed by atoms with Crippen molar-refractivity contribution < 1.29 is 18.7 Å². The Labute approximate surface area is 188 Å². The molecule has 1 aliphatic rings. The summed E-state index contributed by atoms with van der Waals surface area (Å²) in [5.74, 6) is 3.79. The topological polar surface area (TPSA) is 73.1 Å². The molecule has 8 heteroatoms. The molecule has 170 valence electrons. The number of rotatable bonds is 10. The first-order valence-corrected chi connectivity index (χ1v) is 10.9. The molecule has 0 amide bonds. The molecule has 1 aromatic heterocycles. The molecule has 8 nitrogen and oxygen atoms in total. The Kier molecular flexibility index (Phi) is 7.58. The van der Waals surface area contributed by atoms with Crippen LogP contribution >= 0.6 is 0 Å². The molecule has 1 saturated heterocycles. The highest BCUT2D eigenvalue weighted by atomic mass is 16.5. The molecule has 3 aromatic rings. The second-order valence-electron chi connectivity index (χ2n) is 7.74. The fourth-order valence-corrected chi connectivity index (χ4v) is 3.69. The van der Waals surface area contributed by atoms with Crippen LogP contribution in [0.5, 0.6) is 17.2 Å². The minimum atomic E-state index is 0.609. The Balaban J connectivity index is 1.15. The number of ether oxygens (including phenoxy) is 3. The van der Waals surface area contributed by atoms with E-state index in [2.05, 4.69) is 19.9 Å². The van der Waals surface area contributed by atoms with Crippen LogP contribution in [0.25, 0.3) is 11.4 Å². The quantitative estimate of drug-likeness (QED) is 0.446. The van der Waals surface area contributed by atoms with Gasteiger partial charge in [0, 0.05) is 38.3 Å². The largest absolute Gasteiger partial charge is 0.497 e. The van der Waals surface area contributed by atoms with Crippen LogP contribution in [0.1, 0.15) is 12.3 Å². The fraction of sp³-hybridized carbons (Fsp3) is 0.417. The van der Waals surface area contributed by atoms with E-state index in [0.29, 0.717) is 24.9 Å². The van der Waals surface area contributed by atoms with Gasteiger partial charge in [-0.1, -0.05) is 5.16 Å². The Hall–Kier alpha value is -3.10. The van der Waals surface area contributed by atoms with Gasteiger partial charge in [0.2, 0.25) is 11.7 Å². The lowest BCUT2D eigenvalue weighted by Crippen LogP contribution is -2.46. The summed E-state index contributed by atoms with van der Waals surface area (Å²) in [7, 11) is 3.31. The number of benzene rings is 2. The van der Waals surface area contributed by atoms with Crippen LogP contribution < -0.4 is 14.2 Å². The molecule has 0 saturated carbocycles. The first kappa shape index (κ1) is 22.1. The highest BCUT2D eigenvalue weighted by molar-refractivity contribution is 5.55. The first-order valence-electron chi connectivity index (χ1n) is 10.9. The Bertz CT molecular complexity index is 951. The van der Waals surface area contributed by atoms with Crippen molar-refractivity contribution in [2.75, 3.05) is 53.6 Å². The Morgan fingerprint density at radius 2 is 1.41 bits per heavy atom. The lowest BCUT2D eigenvalue weighted by Gasteiger charge is -2.33. The molecule has 32 heavy (non-hydrogen) atoms. The van der Waals surface area contributed by atoms with Gasteiger partial charge in [-0.15, -0.1) is 0 Å². The molecule has 0 aliphatic carbocycles. The van der Waals surface area contributed by atoms with Gasteiger partial charge in [-0.05, 0) is 55.0 Å². The van der Waals surface area contributed by atoms with Crippen LogP contribution in [-0.4, -0.2) is 73.5 Å². The van der Waals surface area contributed by atoms with E-state index in [1.54, 1.807) is 14.2 Å². The van der Waals surface area contributed by atoms with Gasteiger partial charge in [-0.3, -0.25) is 4.90 Å². The van der Waals surface area contributed by atoms with Crippen molar-refractivity contribution in [3.63, 3.8) is 0 Å². The van der Waals surface area contributed by atoms with Crippen LogP contribution in [0.3, 0.4) is 0 Å². The Morgan fingerprint density at radius 1 is 0.812 bits per heavy atom. The van der Waals surface area contributed by atoms with E-state index in [4.69, 9.17) is 18.7 Å². The normalized spacial score (nSPS) is 14.9. The fourth-order valence-electron chi connectivity index (χ4n) is 3.69. The highest BCUT2D eigenvalue weighted by Crippen LogP contribution is 2.20. The zero-order valence-corrected chi connectivity index (χ0v) is 18.7. The number of nitrogens with zero attached hydrogens (tertiary/aromatic N) is 4. The van der Waals surface area contributed by atoms with E-state index in [1.807, 2.05) is 48.5 Å². The van der Waals surface area contributed by atoms with Crippen LogP contribution in [0.15, 0.2) is 53.1 Å². The second-order valence-corrected chi connectivity index (χ2v) is 7.74. The Morgan fingerprint density at radius 3 is 2.06 bits per heavy atom. The SMILES string of the molecule is COc1ccc(OCCCN2CCN(Cc3nc(-c4ccc(OC)cc4)no3)CC2)cc1. The predicted molar refractivity (Wildman–Crippen MR) is 121 cm³/mol. The van der Waals surface area contributed by atoms with Crippen LogP contribution in [0.2, 0.25) is 0 Å². The molecule has 0 spiro atoms. The standard InChI is InChI=1S/C24H30N4O4/c1-29-20-6-4-19(5-7-20)24-25-23(32-26-24)18-28-15-13-27(14-16-28)12-3-17-31-22-10-8-21(30-2)9-11-22/h4-11H,3,12-18H2,1-2H3. The van der Waals surface area contributed by atoms with E-state index in [0.717, 1.165) is 62.0 Å². The maximum absolute atomic E-state index is 5.82. The summed E-state index contributed by atoms with van der Waals surface area (Å²) < 4.78 is 21.6. The molecular formula is C24H30N4O4. The molecular weight excluding hydrogens is 408 g/mol. The first-order chi connectivity index (χ1) is 15.7. The maximum atomic E-state index is 5.82. The summed E-state index contributed by atoms with van der Waals surface area (Å²) in [5.41, 5.74) is 0.919. The van der Waals surface area contributed by atoms with Crippen molar-refractivity contribution in [1.29, 1.82) is 0 Å². The molecule has 0 N–H and O–H groups in total. The van der Waals surface area contributed by atoms with Crippen LogP contribution in [0.4, 0.5) is 0 Å². The van der Waals surface area contributed by atoms with Gasteiger partial charge in [0.1, 0.15) is 17.2 Å². The molecule has 0 radical (unpaired) electrons. The van der Waals surface area contributed by atoms with Gasteiger partial charge in [0.15, 0.2) is 0 Å². The number of methoxy groups -OCH3 is 2. The van der Waals surface area contributed by atoms with Gasteiger partial charge in [0.05, 0.1) is 27.4 Å². The van der Waals surface area contributed by atoms with Gasteiger partial charge in [-0.25, -0.2) is 0 Å². The van der Waals surface area contributed by atoms with E-state index in [1.165, 1.54) is 0 Å². The lowest BCUT2D eigenvalue weighted by molar-refractivity contribution is 0.112. The summed E-state index contributed by atoms with van der Waals surface area (Å²) in [4.78, 5) is 9.38. The zero-order chi connectivity index (χ0) is 22.2. The smallest absolute Gasteiger partial charge is 0.241 e. The van der Waals surface area contributed by atoms with Crippen molar-refractivity contribution in [3.8, 4) is 28.6 Å². The third kappa shape index (κ3) is 5.99. The molecule has 1 aliphatic heterocycles. The molecule has 0 bridgehead atoms. The predicted octanol–water partition coefficient (Wildman–Crippen LogP) is 3.34. The van der Waals surface area contributed by atoms with Crippen LogP contribution in [-0.2, 0) is 6.54 Å². The lowest BCUT2D eigenvalue weighted by atomic mass is 10.2. The molecule has 4 rings (SSSR count). The van der Waals surface area contributed by atoms with Crippen molar-refractivity contribution in [3.05, 3.63) is 54.4 Å². The molecule has 2 heterocycles. The van der Waals surface area contributed by atoms with E-state index < -0.39 is 0 Å². The van der Waals surface area contributed by atoms with Crippen molar-refractivity contribution >= 4 is 0 Å². The number of hydrogen-bond donors (Lipinski definition) is 0. The molecule has 0 atom stereocenters.